The minimum Gasteiger partial charge on any atom is -0.371 e. The molecule has 0 aromatic rings. The van der Waals surface area contributed by atoms with Crippen molar-refractivity contribution < 1.29 is 4.79 Å². The second kappa shape index (κ2) is 16.2. The standard InChI is InChI=1S/C39H51N3O/c1-10-13-32-20-22-42(21-19-28(32)5)35(12-3)18-17-34-24-31(8)39(43)26-38(41-34)37(40-9)25-36-29(6)16-15-27(4)30(7)23-33(36)14-11-2/h12,15-18,25-26,32H,5,8,10-11,13-14,19-22,24H2,1-4,6-7,9H3/b18-17-,27-15-,29-16?,35-12+,36-25?,40-37?. The number of carbonyl (C=O) groups excluding carboxylic acids is 1. The molecule has 4 nitrogen and oxygen atoms in total. The highest BCUT2D eigenvalue weighted by Crippen LogP contribution is 2.29. The molecule has 0 aromatic carbocycles. The van der Waals surface area contributed by atoms with Gasteiger partial charge >= 0.3 is 0 Å². The van der Waals surface area contributed by atoms with E-state index >= 15 is 0 Å². The smallest absolute Gasteiger partial charge is 0.183 e. The zero-order valence-electron chi connectivity index (χ0n) is 27.6. The Morgan fingerprint density at radius 2 is 1.88 bits per heavy atom. The van der Waals surface area contributed by atoms with E-state index in [1.54, 1.807) is 13.1 Å². The van der Waals surface area contributed by atoms with Crippen LogP contribution in [0.1, 0.15) is 86.5 Å². The van der Waals surface area contributed by atoms with Crippen LogP contribution in [-0.2, 0) is 4.79 Å². The first-order chi connectivity index (χ1) is 20.6. The van der Waals surface area contributed by atoms with Gasteiger partial charge in [0.1, 0.15) is 0 Å². The van der Waals surface area contributed by atoms with Crippen LogP contribution in [0.5, 0.6) is 0 Å². The lowest BCUT2D eigenvalue weighted by molar-refractivity contribution is -0.111. The Kier molecular flexibility index (Phi) is 12.7. The van der Waals surface area contributed by atoms with Gasteiger partial charge in [-0.25, -0.2) is 0 Å². The fourth-order valence-corrected chi connectivity index (χ4v) is 5.75. The van der Waals surface area contributed by atoms with E-state index < -0.39 is 0 Å². The number of rotatable bonds is 9. The minimum absolute atomic E-state index is 0.107. The zero-order chi connectivity index (χ0) is 31.5. The lowest BCUT2D eigenvalue weighted by Gasteiger charge is -2.24. The largest absolute Gasteiger partial charge is 0.371 e. The van der Waals surface area contributed by atoms with E-state index in [0.717, 1.165) is 66.8 Å². The summed E-state index contributed by atoms with van der Waals surface area (Å²) in [7, 11) is 1.76. The van der Waals surface area contributed by atoms with E-state index in [1.807, 2.05) is 6.08 Å². The molecular formula is C39H51N3O. The van der Waals surface area contributed by atoms with Crippen molar-refractivity contribution >= 4 is 17.2 Å². The van der Waals surface area contributed by atoms with Gasteiger partial charge in [-0.2, -0.15) is 0 Å². The quantitative estimate of drug-likeness (QED) is 0.0900. The van der Waals surface area contributed by atoms with Crippen LogP contribution in [0.3, 0.4) is 0 Å². The molecule has 1 unspecified atom stereocenters. The average molecular weight is 578 g/mol. The van der Waals surface area contributed by atoms with E-state index in [9.17, 15) is 4.79 Å². The van der Waals surface area contributed by atoms with Gasteiger partial charge in [-0.15, -0.1) is 5.73 Å². The van der Waals surface area contributed by atoms with Gasteiger partial charge in [-0.05, 0) is 105 Å². The SMILES string of the molecule is C=C1CC(/C=C\C(=C/C)N2CCC(=C)C(CCC)CC2)=NC(C(C=C2C(CCC)=C=C(C)/C(C)=C\C=C2C)=NC)=CC1=O. The number of allylic oxidation sites excluding steroid dienone is 12. The molecule has 0 radical (unpaired) electrons. The zero-order valence-corrected chi connectivity index (χ0v) is 27.6. The molecule has 3 aliphatic rings. The van der Waals surface area contributed by atoms with E-state index in [-0.39, 0.29) is 5.78 Å². The van der Waals surface area contributed by atoms with Crippen molar-refractivity contribution in [3.63, 3.8) is 0 Å². The lowest BCUT2D eigenvalue weighted by Crippen LogP contribution is -2.23. The molecule has 1 saturated heterocycles. The normalized spacial score (nSPS) is 23.5. The van der Waals surface area contributed by atoms with Gasteiger partial charge in [0.05, 0.1) is 11.4 Å². The summed E-state index contributed by atoms with van der Waals surface area (Å²) in [6, 6.07) is 0. The predicted molar refractivity (Wildman–Crippen MR) is 186 cm³/mol. The summed E-state index contributed by atoms with van der Waals surface area (Å²) < 4.78 is 0. The Labute approximate surface area is 260 Å². The second-order valence-electron chi connectivity index (χ2n) is 11.8. The fraction of sp³-hybridized carbons (Fsp3) is 0.436. The molecule has 43 heavy (non-hydrogen) atoms. The number of nitrogens with zero attached hydrogens (tertiary/aromatic N) is 3. The van der Waals surface area contributed by atoms with Crippen molar-refractivity contribution in [3.05, 3.63) is 112 Å². The van der Waals surface area contributed by atoms with E-state index in [2.05, 4.69) is 101 Å². The Morgan fingerprint density at radius 3 is 2.56 bits per heavy atom. The summed E-state index contributed by atoms with van der Waals surface area (Å²) >= 11 is 0. The lowest BCUT2D eigenvalue weighted by atomic mass is 9.91. The highest BCUT2D eigenvalue weighted by molar-refractivity contribution is 6.20. The number of likely N-dealkylation sites (tertiary alicyclic amines) is 1. The van der Waals surface area contributed by atoms with Crippen LogP contribution >= 0.6 is 0 Å². The molecule has 228 valence electrons. The van der Waals surface area contributed by atoms with E-state index in [4.69, 9.17) is 4.99 Å². The third-order valence-corrected chi connectivity index (χ3v) is 8.59. The van der Waals surface area contributed by atoms with E-state index in [1.165, 1.54) is 29.7 Å². The third kappa shape index (κ3) is 9.12. The summed E-state index contributed by atoms with van der Waals surface area (Å²) in [5.41, 5.74) is 14.5. The van der Waals surface area contributed by atoms with Crippen molar-refractivity contribution in [1.29, 1.82) is 0 Å². The first-order valence-electron chi connectivity index (χ1n) is 15.9. The maximum atomic E-state index is 13.1. The van der Waals surface area contributed by atoms with Crippen LogP contribution in [0.25, 0.3) is 0 Å². The molecule has 0 saturated carbocycles. The van der Waals surface area contributed by atoms with E-state index in [0.29, 0.717) is 29.3 Å². The van der Waals surface area contributed by atoms with Gasteiger partial charge in [0.2, 0.25) is 0 Å². The van der Waals surface area contributed by atoms with Crippen LogP contribution in [0.2, 0.25) is 0 Å². The maximum absolute atomic E-state index is 13.1. The van der Waals surface area contributed by atoms with Crippen molar-refractivity contribution in [3.8, 4) is 0 Å². The number of hydrogen-bond acceptors (Lipinski definition) is 4. The summed E-state index contributed by atoms with van der Waals surface area (Å²) in [5, 5.41) is 0. The van der Waals surface area contributed by atoms with Gasteiger partial charge in [-0.3, -0.25) is 14.8 Å². The highest BCUT2D eigenvalue weighted by Gasteiger charge is 2.21. The predicted octanol–water partition coefficient (Wildman–Crippen LogP) is 9.54. The molecule has 1 aliphatic carbocycles. The average Bonchev–Trinajstić information content (AvgIpc) is 3.25. The van der Waals surface area contributed by atoms with Crippen molar-refractivity contribution in [2.45, 2.75) is 86.5 Å². The molecule has 0 amide bonds. The van der Waals surface area contributed by atoms with Gasteiger partial charge in [0.25, 0.3) is 0 Å². The second-order valence-corrected chi connectivity index (χ2v) is 11.8. The number of carbonyl (C=O) groups is 1. The number of hydrogen-bond donors (Lipinski definition) is 0. The van der Waals surface area contributed by atoms with Crippen molar-refractivity contribution in [2.75, 3.05) is 20.1 Å². The Hall–Kier alpha value is -3.75. The Balaban J connectivity index is 1.98. The number of aliphatic imine (C=N–C) groups is 2. The van der Waals surface area contributed by atoms with Crippen LogP contribution in [-0.4, -0.2) is 42.2 Å². The fourth-order valence-electron chi connectivity index (χ4n) is 5.75. The molecule has 2 aliphatic heterocycles. The third-order valence-electron chi connectivity index (χ3n) is 8.59. The summed E-state index contributed by atoms with van der Waals surface area (Å²) in [5.74, 6) is 0.499. The topological polar surface area (TPSA) is 45.0 Å². The van der Waals surface area contributed by atoms with Gasteiger partial charge in [0.15, 0.2) is 5.78 Å². The molecule has 0 spiro atoms. The van der Waals surface area contributed by atoms with Crippen LogP contribution in [0, 0.1) is 5.92 Å². The molecule has 0 bridgehead atoms. The molecule has 3 rings (SSSR count). The van der Waals surface area contributed by atoms with Gasteiger partial charge < -0.3 is 4.90 Å². The Morgan fingerprint density at radius 1 is 1.14 bits per heavy atom. The molecular weight excluding hydrogens is 526 g/mol. The molecule has 0 N–H and O–H groups in total. The summed E-state index contributed by atoms with van der Waals surface area (Å²) in [6.45, 7) is 23.3. The molecule has 0 aromatic heterocycles. The summed E-state index contributed by atoms with van der Waals surface area (Å²) in [6.07, 6.45) is 21.2. The van der Waals surface area contributed by atoms with Gasteiger partial charge in [0, 0.05) is 49.6 Å². The maximum Gasteiger partial charge on any atom is 0.183 e. The molecule has 1 atom stereocenters. The Bertz CT molecular complexity index is 1440. The molecule has 1 fully saturated rings. The molecule has 2 heterocycles. The minimum atomic E-state index is -0.107. The van der Waals surface area contributed by atoms with Crippen molar-refractivity contribution in [1.82, 2.24) is 4.90 Å². The number of ketones is 1. The molecule has 4 heteroatoms. The van der Waals surface area contributed by atoms with Crippen molar-refractivity contribution in [2.24, 2.45) is 15.9 Å². The van der Waals surface area contributed by atoms with Gasteiger partial charge in [-0.1, -0.05) is 63.6 Å². The monoisotopic (exact) mass is 577 g/mol. The first-order valence-corrected chi connectivity index (χ1v) is 15.9. The summed E-state index contributed by atoms with van der Waals surface area (Å²) in [4.78, 5) is 25.1. The van der Waals surface area contributed by atoms with Crippen LogP contribution in [0.15, 0.2) is 122 Å². The van der Waals surface area contributed by atoms with Crippen LogP contribution in [0.4, 0.5) is 0 Å². The first kappa shape index (κ1) is 33.7. The highest BCUT2D eigenvalue weighted by atomic mass is 16.1. The van der Waals surface area contributed by atoms with Crippen LogP contribution < -0.4 is 0 Å².